The quantitative estimate of drug-likeness (QED) is 0.729. The summed E-state index contributed by atoms with van der Waals surface area (Å²) in [6.45, 7) is 6.12. The van der Waals surface area contributed by atoms with E-state index in [1.807, 2.05) is 0 Å². The molecule has 1 saturated heterocycles. The maximum absolute atomic E-state index is 15.0. The minimum absolute atomic E-state index is 0.109. The van der Waals surface area contributed by atoms with Gasteiger partial charge in [0.05, 0.1) is 0 Å². The van der Waals surface area contributed by atoms with Crippen LogP contribution in [0.5, 0.6) is 0 Å². The third kappa shape index (κ3) is 6.10. The predicted molar refractivity (Wildman–Crippen MR) is 114 cm³/mol. The fourth-order valence-corrected chi connectivity index (χ4v) is 3.10. The van der Waals surface area contributed by atoms with Crippen LogP contribution in [-0.4, -0.2) is 40.6 Å². The maximum atomic E-state index is 15.0. The van der Waals surface area contributed by atoms with Crippen LogP contribution in [-0.2, 0) is 4.74 Å². The number of nitrogens with one attached hydrogen (secondary N) is 1. The first kappa shape index (κ1) is 22.4. The molecule has 0 bridgehead atoms. The highest BCUT2D eigenvalue weighted by atomic mass is 19.1. The summed E-state index contributed by atoms with van der Waals surface area (Å²) in [5.74, 6) is -1.18. The predicted octanol–water partition coefficient (Wildman–Crippen LogP) is 5.18. The average molecular weight is 429 g/mol. The van der Waals surface area contributed by atoms with E-state index in [-0.39, 0.29) is 17.1 Å². The van der Waals surface area contributed by atoms with E-state index >= 15 is 4.39 Å². The molecule has 0 aliphatic carbocycles. The summed E-state index contributed by atoms with van der Waals surface area (Å²) in [4.78, 5) is 30.2. The standard InChI is InChI=1S/C23H25F2N3O3/c1-23(2,3)31-22(30)28-13-11-15(12-14-28)20(25)18-5-4-6-19(26-18)27-21(29)16-7-9-17(24)10-8-16/h4-10H,11-14H2,1-3H3,(H,26,27,29). The summed E-state index contributed by atoms with van der Waals surface area (Å²) in [5, 5.41) is 2.59. The molecule has 1 aliphatic heterocycles. The Labute approximate surface area is 179 Å². The van der Waals surface area contributed by atoms with Crippen molar-refractivity contribution in [1.82, 2.24) is 9.88 Å². The zero-order valence-electron chi connectivity index (χ0n) is 17.7. The SMILES string of the molecule is CC(C)(C)OC(=O)N1CCC(=C(F)c2cccc(NC(=O)c3ccc(F)cc3)n2)CC1. The summed E-state index contributed by atoms with van der Waals surface area (Å²) in [6.07, 6.45) is 0.341. The molecule has 8 heteroatoms. The number of hydrogen-bond acceptors (Lipinski definition) is 4. The van der Waals surface area contributed by atoms with Gasteiger partial charge in [-0.2, -0.15) is 0 Å². The Balaban J connectivity index is 1.66. The van der Waals surface area contributed by atoms with Crippen LogP contribution in [0, 0.1) is 5.82 Å². The van der Waals surface area contributed by atoms with E-state index in [0.717, 1.165) is 0 Å². The summed E-state index contributed by atoms with van der Waals surface area (Å²) < 4.78 is 33.4. The van der Waals surface area contributed by atoms with Gasteiger partial charge in [0.15, 0.2) is 0 Å². The number of benzene rings is 1. The van der Waals surface area contributed by atoms with E-state index in [0.29, 0.717) is 31.5 Å². The minimum Gasteiger partial charge on any atom is -0.444 e. The Hall–Kier alpha value is -3.29. The Morgan fingerprint density at radius 2 is 1.71 bits per heavy atom. The van der Waals surface area contributed by atoms with Gasteiger partial charge in [0.1, 0.15) is 28.8 Å². The van der Waals surface area contributed by atoms with Gasteiger partial charge >= 0.3 is 6.09 Å². The van der Waals surface area contributed by atoms with E-state index in [4.69, 9.17) is 4.74 Å². The monoisotopic (exact) mass is 429 g/mol. The summed E-state index contributed by atoms with van der Waals surface area (Å²) >= 11 is 0. The lowest BCUT2D eigenvalue weighted by Gasteiger charge is -2.31. The first-order valence-corrected chi connectivity index (χ1v) is 10.0. The zero-order chi connectivity index (χ0) is 22.6. The highest BCUT2D eigenvalue weighted by Crippen LogP contribution is 2.28. The first-order chi connectivity index (χ1) is 14.6. The van der Waals surface area contributed by atoms with Gasteiger partial charge in [-0.25, -0.2) is 18.6 Å². The summed E-state index contributed by atoms with van der Waals surface area (Å²) in [5.41, 5.74) is 0.357. The van der Waals surface area contributed by atoms with Gasteiger partial charge in [-0.15, -0.1) is 0 Å². The molecule has 2 aromatic rings. The largest absolute Gasteiger partial charge is 0.444 e. The Morgan fingerprint density at radius 1 is 1.06 bits per heavy atom. The number of rotatable bonds is 3. The first-order valence-electron chi connectivity index (χ1n) is 10.0. The molecule has 1 aromatic carbocycles. The van der Waals surface area contributed by atoms with Crippen molar-refractivity contribution >= 4 is 23.6 Å². The summed E-state index contributed by atoms with van der Waals surface area (Å²) in [6, 6.07) is 9.76. The average Bonchev–Trinajstić information content (AvgIpc) is 2.73. The molecule has 1 fully saturated rings. The van der Waals surface area contributed by atoms with E-state index in [9.17, 15) is 14.0 Å². The Morgan fingerprint density at radius 3 is 2.32 bits per heavy atom. The fraction of sp³-hybridized carbons (Fsp3) is 0.348. The summed E-state index contributed by atoms with van der Waals surface area (Å²) in [7, 11) is 0. The van der Waals surface area contributed by atoms with Crippen LogP contribution in [0.4, 0.5) is 19.4 Å². The molecule has 0 saturated carbocycles. The van der Waals surface area contributed by atoms with E-state index in [2.05, 4.69) is 10.3 Å². The maximum Gasteiger partial charge on any atom is 0.410 e. The Bertz CT molecular complexity index is 988. The van der Waals surface area contributed by atoms with Gasteiger partial charge in [-0.05, 0) is 75.6 Å². The van der Waals surface area contributed by atoms with E-state index in [1.54, 1.807) is 37.8 Å². The van der Waals surface area contributed by atoms with E-state index in [1.165, 1.54) is 30.3 Å². The second-order valence-electron chi connectivity index (χ2n) is 8.25. The third-order valence-electron chi connectivity index (χ3n) is 4.65. The number of likely N-dealkylation sites (tertiary alicyclic amines) is 1. The molecule has 31 heavy (non-hydrogen) atoms. The lowest BCUT2D eigenvalue weighted by atomic mass is 10.0. The molecule has 3 rings (SSSR count). The number of pyridine rings is 1. The van der Waals surface area contributed by atoms with Gasteiger partial charge in [0, 0.05) is 18.7 Å². The molecule has 2 heterocycles. The van der Waals surface area contributed by atoms with Gasteiger partial charge in [-0.3, -0.25) is 4.79 Å². The normalized spacial score (nSPS) is 14.2. The molecule has 2 amide bonds. The molecule has 0 radical (unpaired) electrons. The topological polar surface area (TPSA) is 71.5 Å². The minimum atomic E-state index is -0.582. The van der Waals surface area contributed by atoms with Crippen LogP contribution in [0.25, 0.3) is 5.83 Å². The lowest BCUT2D eigenvalue weighted by Crippen LogP contribution is -2.40. The smallest absolute Gasteiger partial charge is 0.410 e. The Kier molecular flexibility index (Phi) is 6.68. The van der Waals surface area contributed by atoms with Gasteiger partial charge < -0.3 is 15.0 Å². The van der Waals surface area contributed by atoms with Crippen molar-refractivity contribution in [3.63, 3.8) is 0 Å². The van der Waals surface area contributed by atoms with Gasteiger partial charge in [-0.1, -0.05) is 6.07 Å². The number of nitrogens with zero attached hydrogens (tertiary/aromatic N) is 2. The van der Waals surface area contributed by atoms with Gasteiger partial charge in [0.2, 0.25) is 0 Å². The molecule has 164 valence electrons. The van der Waals surface area contributed by atoms with Crippen LogP contribution in [0.3, 0.4) is 0 Å². The second-order valence-corrected chi connectivity index (χ2v) is 8.25. The van der Waals surface area contributed by atoms with Crippen LogP contribution in [0.15, 0.2) is 48.0 Å². The van der Waals surface area contributed by atoms with Crippen molar-refractivity contribution in [3.05, 3.63) is 65.1 Å². The molecule has 1 N–H and O–H groups in total. The zero-order valence-corrected chi connectivity index (χ0v) is 17.7. The fourth-order valence-electron chi connectivity index (χ4n) is 3.10. The van der Waals surface area contributed by atoms with Crippen molar-refractivity contribution in [3.8, 4) is 0 Å². The molecule has 1 aromatic heterocycles. The van der Waals surface area contributed by atoms with Crippen LogP contribution in [0.1, 0.15) is 49.7 Å². The van der Waals surface area contributed by atoms with Crippen molar-refractivity contribution in [2.24, 2.45) is 0 Å². The number of amides is 2. The van der Waals surface area contributed by atoms with Crippen molar-refractivity contribution < 1.29 is 23.1 Å². The number of anilines is 1. The molecular formula is C23H25F2N3O3. The number of hydrogen-bond donors (Lipinski definition) is 1. The molecule has 0 spiro atoms. The third-order valence-corrected chi connectivity index (χ3v) is 4.65. The molecule has 0 atom stereocenters. The lowest BCUT2D eigenvalue weighted by molar-refractivity contribution is 0.0236. The number of aromatic nitrogens is 1. The molecular weight excluding hydrogens is 404 g/mol. The number of carbonyl (C=O) groups is 2. The molecule has 1 aliphatic rings. The number of carbonyl (C=O) groups excluding carboxylic acids is 2. The van der Waals surface area contributed by atoms with Crippen LogP contribution in [0.2, 0.25) is 0 Å². The molecule has 6 nitrogen and oxygen atoms in total. The second kappa shape index (κ2) is 9.24. The van der Waals surface area contributed by atoms with Crippen molar-refractivity contribution in [2.75, 3.05) is 18.4 Å². The highest BCUT2D eigenvalue weighted by molar-refractivity contribution is 6.03. The highest BCUT2D eigenvalue weighted by Gasteiger charge is 2.26. The number of halogens is 2. The van der Waals surface area contributed by atoms with E-state index < -0.39 is 29.2 Å². The van der Waals surface area contributed by atoms with Crippen LogP contribution >= 0.6 is 0 Å². The van der Waals surface area contributed by atoms with Crippen LogP contribution < -0.4 is 5.32 Å². The van der Waals surface area contributed by atoms with Crippen molar-refractivity contribution in [1.29, 1.82) is 0 Å². The van der Waals surface area contributed by atoms with Crippen molar-refractivity contribution in [2.45, 2.75) is 39.2 Å². The number of piperidine rings is 1. The molecule has 0 unspecified atom stereocenters. The number of ether oxygens (including phenoxy) is 1. The van der Waals surface area contributed by atoms with Gasteiger partial charge in [0.25, 0.3) is 5.91 Å².